The first kappa shape index (κ1) is 13.5. The lowest BCUT2D eigenvalue weighted by Gasteiger charge is -2.16. The van der Waals surface area contributed by atoms with E-state index in [4.69, 9.17) is 0 Å². The molecule has 2 rings (SSSR count). The monoisotopic (exact) mass is 259 g/mol. The Kier molecular flexibility index (Phi) is 3.79. The predicted octanol–water partition coefficient (Wildman–Crippen LogP) is 3.65. The third kappa shape index (κ3) is 3.08. The normalized spacial score (nSPS) is 12.7. The molecule has 1 aromatic heterocycles. The molecule has 0 saturated heterocycles. The summed E-state index contributed by atoms with van der Waals surface area (Å²) >= 11 is 0. The number of aromatic nitrogens is 2. The van der Waals surface area contributed by atoms with Crippen molar-refractivity contribution in [3.8, 4) is 5.75 Å². The highest BCUT2D eigenvalue weighted by molar-refractivity contribution is 5.45. The standard InChI is InChI=1S/C15H21N3O/c1-10(2)18-9-13(8-16-18)17-12(4)14-6-5-11(3)7-15(14)19/h5-10,12,17,19H,1-4H3. The van der Waals surface area contributed by atoms with E-state index in [1.54, 1.807) is 6.07 Å². The van der Waals surface area contributed by atoms with Crippen molar-refractivity contribution < 1.29 is 5.11 Å². The molecule has 1 aromatic carbocycles. The van der Waals surface area contributed by atoms with Crippen LogP contribution < -0.4 is 5.32 Å². The first-order valence-electron chi connectivity index (χ1n) is 6.57. The Balaban J connectivity index is 2.13. The van der Waals surface area contributed by atoms with Gasteiger partial charge in [-0.15, -0.1) is 0 Å². The molecule has 19 heavy (non-hydrogen) atoms. The lowest BCUT2D eigenvalue weighted by atomic mass is 10.1. The molecule has 0 amide bonds. The number of hydrogen-bond donors (Lipinski definition) is 2. The number of aryl methyl sites for hydroxylation is 1. The van der Waals surface area contributed by atoms with E-state index in [0.717, 1.165) is 16.8 Å². The second kappa shape index (κ2) is 5.34. The topological polar surface area (TPSA) is 50.1 Å². The highest BCUT2D eigenvalue weighted by atomic mass is 16.3. The summed E-state index contributed by atoms with van der Waals surface area (Å²) in [6.45, 7) is 8.17. The van der Waals surface area contributed by atoms with Crippen LogP contribution in [0, 0.1) is 6.92 Å². The predicted molar refractivity (Wildman–Crippen MR) is 77.5 cm³/mol. The molecule has 4 heteroatoms. The Morgan fingerprint density at radius 2 is 2.00 bits per heavy atom. The number of hydrogen-bond acceptors (Lipinski definition) is 3. The van der Waals surface area contributed by atoms with Gasteiger partial charge in [0.2, 0.25) is 0 Å². The highest BCUT2D eigenvalue weighted by Gasteiger charge is 2.11. The second-order valence-electron chi connectivity index (χ2n) is 5.23. The van der Waals surface area contributed by atoms with Crippen LogP contribution >= 0.6 is 0 Å². The van der Waals surface area contributed by atoms with E-state index in [0.29, 0.717) is 11.8 Å². The summed E-state index contributed by atoms with van der Waals surface area (Å²) in [4.78, 5) is 0. The maximum absolute atomic E-state index is 9.97. The second-order valence-corrected chi connectivity index (χ2v) is 5.23. The summed E-state index contributed by atoms with van der Waals surface area (Å²) in [5, 5.41) is 17.6. The van der Waals surface area contributed by atoms with Gasteiger partial charge in [0, 0.05) is 17.8 Å². The zero-order chi connectivity index (χ0) is 14.0. The first-order chi connectivity index (χ1) is 8.97. The van der Waals surface area contributed by atoms with Gasteiger partial charge in [0.25, 0.3) is 0 Å². The molecule has 0 aliphatic rings. The van der Waals surface area contributed by atoms with E-state index in [1.807, 2.05) is 43.1 Å². The van der Waals surface area contributed by atoms with Crippen molar-refractivity contribution in [3.05, 3.63) is 41.7 Å². The molecule has 0 bridgehead atoms. The Hall–Kier alpha value is -1.97. The lowest BCUT2D eigenvalue weighted by Crippen LogP contribution is -2.06. The van der Waals surface area contributed by atoms with Gasteiger partial charge in [-0.2, -0.15) is 5.10 Å². The van der Waals surface area contributed by atoms with Crippen LogP contribution in [0.15, 0.2) is 30.6 Å². The first-order valence-corrected chi connectivity index (χ1v) is 6.57. The van der Waals surface area contributed by atoms with Crippen molar-refractivity contribution in [3.63, 3.8) is 0 Å². The van der Waals surface area contributed by atoms with Crippen LogP contribution in [0.4, 0.5) is 5.69 Å². The number of nitrogens with zero attached hydrogens (tertiary/aromatic N) is 2. The van der Waals surface area contributed by atoms with Crippen molar-refractivity contribution in [2.24, 2.45) is 0 Å². The molecular formula is C15H21N3O. The number of aromatic hydroxyl groups is 1. The van der Waals surface area contributed by atoms with Gasteiger partial charge in [0.1, 0.15) is 5.75 Å². The SMILES string of the molecule is Cc1ccc(C(C)Nc2cnn(C(C)C)c2)c(O)c1. The Morgan fingerprint density at radius 3 is 2.58 bits per heavy atom. The fourth-order valence-corrected chi connectivity index (χ4v) is 2.04. The molecule has 102 valence electrons. The number of phenolic OH excluding ortho intramolecular Hbond substituents is 1. The maximum atomic E-state index is 9.97. The average Bonchev–Trinajstić information content (AvgIpc) is 2.77. The molecule has 0 spiro atoms. The average molecular weight is 259 g/mol. The summed E-state index contributed by atoms with van der Waals surface area (Å²) < 4.78 is 1.91. The number of rotatable bonds is 4. The van der Waals surface area contributed by atoms with E-state index in [2.05, 4.69) is 24.3 Å². The quantitative estimate of drug-likeness (QED) is 0.881. The Labute approximate surface area is 114 Å². The van der Waals surface area contributed by atoms with Crippen LogP contribution in [0.1, 0.15) is 44.0 Å². The molecule has 0 fully saturated rings. The molecule has 1 unspecified atom stereocenters. The van der Waals surface area contributed by atoms with E-state index in [9.17, 15) is 5.11 Å². The number of anilines is 1. The minimum absolute atomic E-state index is 0.0328. The maximum Gasteiger partial charge on any atom is 0.121 e. The molecule has 0 radical (unpaired) electrons. The van der Waals surface area contributed by atoms with Gasteiger partial charge < -0.3 is 10.4 Å². The largest absolute Gasteiger partial charge is 0.508 e. The van der Waals surface area contributed by atoms with Gasteiger partial charge in [-0.25, -0.2) is 0 Å². The fourth-order valence-electron chi connectivity index (χ4n) is 2.04. The van der Waals surface area contributed by atoms with Gasteiger partial charge in [0.15, 0.2) is 0 Å². The molecule has 0 aliphatic heterocycles. The minimum atomic E-state index is 0.0328. The number of phenols is 1. The summed E-state index contributed by atoms with van der Waals surface area (Å²) in [5.74, 6) is 0.330. The third-order valence-corrected chi connectivity index (χ3v) is 3.17. The third-order valence-electron chi connectivity index (χ3n) is 3.17. The lowest BCUT2D eigenvalue weighted by molar-refractivity contribution is 0.465. The van der Waals surface area contributed by atoms with Gasteiger partial charge in [-0.05, 0) is 39.3 Å². The van der Waals surface area contributed by atoms with Crippen molar-refractivity contribution in [2.75, 3.05) is 5.32 Å². The van der Waals surface area contributed by atoms with E-state index < -0.39 is 0 Å². The molecule has 1 atom stereocenters. The van der Waals surface area contributed by atoms with Gasteiger partial charge in [-0.1, -0.05) is 12.1 Å². The van der Waals surface area contributed by atoms with Crippen molar-refractivity contribution >= 4 is 5.69 Å². The molecule has 4 nitrogen and oxygen atoms in total. The van der Waals surface area contributed by atoms with Crippen LogP contribution in [0.3, 0.4) is 0 Å². The zero-order valence-corrected chi connectivity index (χ0v) is 11.9. The van der Waals surface area contributed by atoms with Crippen LogP contribution in [0.25, 0.3) is 0 Å². The van der Waals surface area contributed by atoms with Crippen molar-refractivity contribution in [1.82, 2.24) is 9.78 Å². The molecule has 1 heterocycles. The van der Waals surface area contributed by atoms with Gasteiger partial charge in [0.05, 0.1) is 17.9 Å². The molecule has 2 N–H and O–H groups in total. The van der Waals surface area contributed by atoms with Gasteiger partial charge >= 0.3 is 0 Å². The van der Waals surface area contributed by atoms with Crippen LogP contribution in [0.5, 0.6) is 5.75 Å². The molecular weight excluding hydrogens is 238 g/mol. The zero-order valence-electron chi connectivity index (χ0n) is 11.9. The molecule has 0 aliphatic carbocycles. The van der Waals surface area contributed by atoms with Crippen LogP contribution in [-0.2, 0) is 0 Å². The van der Waals surface area contributed by atoms with Crippen LogP contribution in [-0.4, -0.2) is 14.9 Å². The summed E-state index contributed by atoms with van der Waals surface area (Å²) in [6, 6.07) is 6.12. The molecule has 2 aromatic rings. The minimum Gasteiger partial charge on any atom is -0.508 e. The molecule has 0 saturated carbocycles. The van der Waals surface area contributed by atoms with E-state index in [1.165, 1.54) is 0 Å². The number of benzene rings is 1. The number of nitrogens with one attached hydrogen (secondary N) is 1. The Morgan fingerprint density at radius 1 is 1.26 bits per heavy atom. The van der Waals surface area contributed by atoms with Crippen molar-refractivity contribution in [2.45, 2.75) is 39.8 Å². The smallest absolute Gasteiger partial charge is 0.121 e. The van der Waals surface area contributed by atoms with Gasteiger partial charge in [-0.3, -0.25) is 4.68 Å². The van der Waals surface area contributed by atoms with E-state index in [-0.39, 0.29) is 6.04 Å². The van der Waals surface area contributed by atoms with Crippen molar-refractivity contribution in [1.29, 1.82) is 0 Å². The van der Waals surface area contributed by atoms with Crippen LogP contribution in [0.2, 0.25) is 0 Å². The fraction of sp³-hybridized carbons (Fsp3) is 0.400. The Bertz CT molecular complexity index is 560. The summed E-state index contributed by atoms with van der Waals surface area (Å²) in [7, 11) is 0. The highest BCUT2D eigenvalue weighted by Crippen LogP contribution is 2.27. The van der Waals surface area contributed by atoms with E-state index >= 15 is 0 Å². The summed E-state index contributed by atoms with van der Waals surface area (Å²) in [6.07, 6.45) is 3.79. The summed E-state index contributed by atoms with van der Waals surface area (Å²) in [5.41, 5.74) is 2.91.